The highest BCUT2D eigenvalue weighted by Crippen LogP contribution is 2.23. The van der Waals surface area contributed by atoms with Crippen molar-refractivity contribution < 1.29 is 0 Å². The van der Waals surface area contributed by atoms with Crippen LogP contribution in [0.15, 0.2) is 0 Å². The average Bonchev–Trinajstić information content (AvgIpc) is 2.94. The van der Waals surface area contributed by atoms with Gasteiger partial charge in [0.25, 0.3) is 0 Å². The van der Waals surface area contributed by atoms with Gasteiger partial charge in [-0.05, 0) is 5.92 Å². The Morgan fingerprint density at radius 3 is 0.692 bits per heavy atom. The molecule has 1 atom stereocenters. The van der Waals surface area contributed by atoms with Gasteiger partial charge < -0.3 is 0 Å². The summed E-state index contributed by atoms with van der Waals surface area (Å²) in [4.78, 5) is 0. The molecule has 0 fully saturated rings. The average molecular weight is 548 g/mol. The molecule has 39 heavy (non-hydrogen) atoms. The van der Waals surface area contributed by atoms with Gasteiger partial charge in [-0.1, -0.05) is 245 Å². The SMILES string of the molecule is [CH2]CCC(CCCCCCCCCCCCCCC)CCCCCCCCCCCCCCCCCCCC. The second kappa shape index (κ2) is 36.0. The van der Waals surface area contributed by atoms with Crippen LogP contribution >= 0.6 is 0 Å². The fourth-order valence-electron chi connectivity index (χ4n) is 6.51. The summed E-state index contributed by atoms with van der Waals surface area (Å²) in [5.74, 6) is 0.969. The summed E-state index contributed by atoms with van der Waals surface area (Å²) in [7, 11) is 0. The molecule has 0 bridgehead atoms. The highest BCUT2D eigenvalue weighted by atomic mass is 14.1. The van der Waals surface area contributed by atoms with Gasteiger partial charge in [0, 0.05) is 0 Å². The Balaban J connectivity index is 3.34. The maximum absolute atomic E-state index is 4.17. The normalized spacial score (nSPS) is 12.4. The van der Waals surface area contributed by atoms with Gasteiger partial charge in [-0.25, -0.2) is 0 Å². The fourth-order valence-corrected chi connectivity index (χ4v) is 6.51. The maximum atomic E-state index is 4.17. The molecule has 0 saturated heterocycles. The first kappa shape index (κ1) is 39.0. The second-order valence-electron chi connectivity index (χ2n) is 13.3. The monoisotopic (exact) mass is 548 g/mol. The molecule has 0 heteroatoms. The zero-order valence-corrected chi connectivity index (χ0v) is 28.0. The van der Waals surface area contributed by atoms with Crippen LogP contribution < -0.4 is 0 Å². The van der Waals surface area contributed by atoms with Crippen LogP contribution in [0.25, 0.3) is 0 Å². The topological polar surface area (TPSA) is 0 Å². The van der Waals surface area contributed by atoms with Crippen LogP contribution in [0.4, 0.5) is 0 Å². The van der Waals surface area contributed by atoms with Gasteiger partial charge in [0.2, 0.25) is 0 Å². The lowest BCUT2D eigenvalue weighted by atomic mass is 9.90. The van der Waals surface area contributed by atoms with E-state index in [4.69, 9.17) is 0 Å². The van der Waals surface area contributed by atoms with Gasteiger partial charge in [-0.2, -0.15) is 0 Å². The van der Waals surface area contributed by atoms with Gasteiger partial charge in [-0.15, -0.1) is 0 Å². The lowest BCUT2D eigenvalue weighted by Gasteiger charge is -2.16. The van der Waals surface area contributed by atoms with Crippen molar-refractivity contribution in [2.75, 3.05) is 0 Å². The molecule has 1 unspecified atom stereocenters. The second-order valence-corrected chi connectivity index (χ2v) is 13.3. The smallest absolute Gasteiger partial charge is 0.0414 e. The van der Waals surface area contributed by atoms with Crippen molar-refractivity contribution in [2.24, 2.45) is 5.92 Å². The van der Waals surface area contributed by atoms with Crippen LogP contribution in [0.5, 0.6) is 0 Å². The quantitative estimate of drug-likeness (QED) is 0.0692. The van der Waals surface area contributed by atoms with Crippen molar-refractivity contribution in [3.63, 3.8) is 0 Å². The number of hydrogen-bond acceptors (Lipinski definition) is 0. The van der Waals surface area contributed by atoms with Gasteiger partial charge >= 0.3 is 0 Å². The lowest BCUT2D eigenvalue weighted by Crippen LogP contribution is -2.00. The third kappa shape index (κ3) is 34.1. The third-order valence-electron chi connectivity index (χ3n) is 9.29. The minimum Gasteiger partial charge on any atom is -0.0654 e. The highest BCUT2D eigenvalue weighted by molar-refractivity contribution is 4.62. The van der Waals surface area contributed by atoms with Crippen molar-refractivity contribution >= 4 is 0 Å². The molecule has 0 rings (SSSR count). The van der Waals surface area contributed by atoms with Gasteiger partial charge in [0.05, 0.1) is 0 Å². The first-order valence-electron chi connectivity index (χ1n) is 19.1. The van der Waals surface area contributed by atoms with E-state index in [2.05, 4.69) is 20.8 Å². The maximum Gasteiger partial charge on any atom is -0.0414 e. The first-order valence-corrected chi connectivity index (χ1v) is 19.1. The van der Waals surface area contributed by atoms with Gasteiger partial charge in [0.1, 0.15) is 0 Å². The Morgan fingerprint density at radius 2 is 0.487 bits per heavy atom. The van der Waals surface area contributed by atoms with Crippen LogP contribution in [0, 0.1) is 12.8 Å². The molecule has 0 aliphatic rings. The summed E-state index contributed by atoms with van der Waals surface area (Å²) in [5.41, 5.74) is 0. The van der Waals surface area contributed by atoms with Crippen molar-refractivity contribution in [1.29, 1.82) is 0 Å². The number of hydrogen-bond donors (Lipinski definition) is 0. The summed E-state index contributed by atoms with van der Waals surface area (Å²) in [6.07, 6.45) is 51.1. The van der Waals surface area contributed by atoms with Gasteiger partial charge in [-0.3, -0.25) is 0 Å². The Kier molecular flexibility index (Phi) is 36.0. The van der Waals surface area contributed by atoms with Crippen molar-refractivity contribution in [3.05, 3.63) is 6.92 Å². The van der Waals surface area contributed by atoms with Crippen molar-refractivity contribution in [3.8, 4) is 0 Å². The molecule has 0 aromatic carbocycles. The fraction of sp³-hybridized carbons (Fsp3) is 0.974. The molecular weight excluding hydrogens is 468 g/mol. The molecule has 0 heterocycles. The highest BCUT2D eigenvalue weighted by Gasteiger charge is 2.07. The van der Waals surface area contributed by atoms with E-state index in [0.29, 0.717) is 0 Å². The predicted octanol–water partition coefficient (Wildman–Crippen LogP) is 15.1. The summed E-state index contributed by atoms with van der Waals surface area (Å²) < 4.78 is 0. The molecule has 0 spiro atoms. The van der Waals surface area contributed by atoms with E-state index in [1.54, 1.807) is 0 Å². The van der Waals surface area contributed by atoms with Crippen molar-refractivity contribution in [2.45, 2.75) is 239 Å². The van der Waals surface area contributed by atoms with E-state index >= 15 is 0 Å². The Bertz CT molecular complexity index is 399. The third-order valence-corrected chi connectivity index (χ3v) is 9.29. The Morgan fingerprint density at radius 1 is 0.282 bits per heavy atom. The summed E-state index contributed by atoms with van der Waals surface area (Å²) in [6.45, 7) is 8.79. The molecular formula is C39H79. The van der Waals surface area contributed by atoms with Crippen molar-refractivity contribution in [1.82, 2.24) is 0 Å². The first-order chi connectivity index (χ1) is 19.3. The van der Waals surface area contributed by atoms with Crippen LogP contribution in [0.1, 0.15) is 239 Å². The molecule has 0 aliphatic heterocycles. The standard InChI is InChI=1S/C39H79/c1-4-7-9-11-13-15-17-19-20-21-22-23-25-27-29-31-33-35-38-39(36-6-3)37-34-32-30-28-26-24-18-16-14-12-10-8-5-2/h39H,3-38H2,1-2H3. The molecule has 235 valence electrons. The minimum absolute atomic E-state index is 0.969. The van der Waals surface area contributed by atoms with E-state index in [1.165, 1.54) is 218 Å². The molecule has 1 radical (unpaired) electrons. The van der Waals surface area contributed by atoms with E-state index in [-0.39, 0.29) is 0 Å². The van der Waals surface area contributed by atoms with E-state index in [0.717, 1.165) is 12.3 Å². The van der Waals surface area contributed by atoms with Crippen LogP contribution in [0.2, 0.25) is 0 Å². The minimum atomic E-state index is 0.969. The summed E-state index contributed by atoms with van der Waals surface area (Å²) >= 11 is 0. The van der Waals surface area contributed by atoms with Crippen LogP contribution in [-0.2, 0) is 0 Å². The number of rotatable bonds is 35. The Labute approximate surface area is 251 Å². The number of unbranched alkanes of at least 4 members (excludes halogenated alkanes) is 29. The van der Waals surface area contributed by atoms with Crippen LogP contribution in [0.3, 0.4) is 0 Å². The molecule has 0 aliphatic carbocycles. The molecule has 0 saturated carbocycles. The Hall–Kier alpha value is 0. The predicted molar refractivity (Wildman–Crippen MR) is 182 cm³/mol. The van der Waals surface area contributed by atoms with E-state index < -0.39 is 0 Å². The molecule has 0 nitrogen and oxygen atoms in total. The molecule has 0 amide bonds. The molecule has 0 aromatic heterocycles. The molecule has 0 N–H and O–H groups in total. The molecule has 0 aromatic rings. The summed E-state index contributed by atoms with van der Waals surface area (Å²) in [6, 6.07) is 0. The van der Waals surface area contributed by atoms with Crippen LogP contribution in [-0.4, -0.2) is 0 Å². The summed E-state index contributed by atoms with van der Waals surface area (Å²) in [5, 5.41) is 0. The van der Waals surface area contributed by atoms with Gasteiger partial charge in [0.15, 0.2) is 0 Å². The zero-order valence-electron chi connectivity index (χ0n) is 28.0. The van der Waals surface area contributed by atoms with E-state index in [1.807, 2.05) is 0 Å². The lowest BCUT2D eigenvalue weighted by molar-refractivity contribution is 0.381. The van der Waals surface area contributed by atoms with E-state index in [9.17, 15) is 0 Å². The zero-order chi connectivity index (χ0) is 28.3. The largest absolute Gasteiger partial charge is 0.0654 e.